The highest BCUT2D eigenvalue weighted by Gasteiger charge is 2.44. The number of aromatic amines is 2. The lowest BCUT2D eigenvalue weighted by Gasteiger charge is -2.18. The Morgan fingerprint density at radius 3 is 2.80 bits per heavy atom. The Bertz CT molecular complexity index is 1230. The Hall–Kier alpha value is -3.16. The van der Waals surface area contributed by atoms with Crippen molar-refractivity contribution in [1.29, 1.82) is 0 Å². The zero-order chi connectivity index (χ0) is 20.8. The molecule has 0 unspecified atom stereocenters. The highest BCUT2D eigenvalue weighted by Crippen LogP contribution is 2.43. The molecular formula is C22H24N6O2. The number of hydrogen-bond acceptors (Lipinski definition) is 4. The molecule has 0 bridgehead atoms. The van der Waals surface area contributed by atoms with Gasteiger partial charge in [0.05, 0.1) is 40.9 Å². The van der Waals surface area contributed by atoms with Crippen molar-refractivity contribution in [1.82, 2.24) is 25.1 Å². The maximum Gasteiger partial charge on any atom is 0.237 e. The lowest BCUT2D eigenvalue weighted by molar-refractivity contribution is -0.133. The fourth-order valence-corrected chi connectivity index (χ4v) is 4.84. The van der Waals surface area contributed by atoms with Gasteiger partial charge in [-0.3, -0.25) is 14.7 Å². The van der Waals surface area contributed by atoms with Gasteiger partial charge in [0.15, 0.2) is 5.82 Å². The number of rotatable bonds is 3. The summed E-state index contributed by atoms with van der Waals surface area (Å²) in [4.78, 5) is 37.2. The van der Waals surface area contributed by atoms with Gasteiger partial charge in [0, 0.05) is 18.0 Å². The third-order valence-corrected chi connectivity index (χ3v) is 6.77. The van der Waals surface area contributed by atoms with Crippen LogP contribution < -0.4 is 4.90 Å². The minimum absolute atomic E-state index is 0.124. The Balaban J connectivity index is 1.39. The first-order chi connectivity index (χ1) is 14.4. The summed E-state index contributed by atoms with van der Waals surface area (Å²) in [6.45, 7) is 7.74. The number of likely N-dealkylation sites (N-methyl/N-ethyl adjacent to an activating group) is 1. The summed E-state index contributed by atoms with van der Waals surface area (Å²) >= 11 is 0. The molecule has 0 atom stereocenters. The molecule has 6 rings (SSSR count). The van der Waals surface area contributed by atoms with Gasteiger partial charge in [0.2, 0.25) is 11.8 Å². The standard InChI is InChI=1S/C22H24N6O2/c1-4-28-17-8-15-14(7-13(17)22(2,3)21(28)30)23-19(24-15)18-12-9-27(10-16(12)25-26-18)20(29)11-5-6-11/h7-8,11H,4-6,9-10H2,1-3H3,(H,23,24)(H,25,26). The van der Waals surface area contributed by atoms with E-state index in [2.05, 4.69) is 15.2 Å². The molecule has 2 aromatic heterocycles. The van der Waals surface area contributed by atoms with Gasteiger partial charge >= 0.3 is 0 Å². The number of nitrogens with zero attached hydrogens (tertiary/aromatic N) is 4. The highest BCUT2D eigenvalue weighted by atomic mass is 16.2. The van der Waals surface area contributed by atoms with E-state index in [1.165, 1.54) is 0 Å². The van der Waals surface area contributed by atoms with Gasteiger partial charge in [-0.2, -0.15) is 5.10 Å². The van der Waals surface area contributed by atoms with Crippen molar-refractivity contribution in [3.63, 3.8) is 0 Å². The smallest absolute Gasteiger partial charge is 0.237 e. The quantitative estimate of drug-likeness (QED) is 0.701. The molecule has 8 heteroatoms. The second-order valence-corrected chi connectivity index (χ2v) is 9.14. The molecule has 0 spiro atoms. The number of anilines is 1. The molecule has 3 aliphatic rings. The maximum atomic E-state index is 12.8. The molecule has 2 aliphatic heterocycles. The van der Waals surface area contributed by atoms with Crippen LogP contribution in [0.1, 0.15) is 50.4 Å². The Morgan fingerprint density at radius 2 is 2.07 bits per heavy atom. The number of amides is 2. The van der Waals surface area contributed by atoms with E-state index in [0.717, 1.165) is 52.1 Å². The second kappa shape index (κ2) is 5.71. The molecule has 1 aliphatic carbocycles. The summed E-state index contributed by atoms with van der Waals surface area (Å²) in [7, 11) is 0. The van der Waals surface area contributed by atoms with Crippen molar-refractivity contribution >= 4 is 28.5 Å². The van der Waals surface area contributed by atoms with Crippen LogP contribution in [0, 0.1) is 5.92 Å². The predicted octanol–water partition coefficient (Wildman–Crippen LogP) is 2.85. The van der Waals surface area contributed by atoms with E-state index in [4.69, 9.17) is 4.98 Å². The normalized spacial score (nSPS) is 19.6. The highest BCUT2D eigenvalue weighted by molar-refractivity contribution is 6.09. The lowest BCUT2D eigenvalue weighted by atomic mass is 9.86. The number of nitrogens with one attached hydrogen (secondary N) is 2. The second-order valence-electron chi connectivity index (χ2n) is 9.14. The van der Waals surface area contributed by atoms with Crippen LogP contribution in [0.2, 0.25) is 0 Å². The van der Waals surface area contributed by atoms with Crippen molar-refractivity contribution in [3.8, 4) is 11.5 Å². The Morgan fingerprint density at radius 1 is 1.27 bits per heavy atom. The fourth-order valence-electron chi connectivity index (χ4n) is 4.84. The van der Waals surface area contributed by atoms with Crippen LogP contribution in [0.5, 0.6) is 0 Å². The van der Waals surface area contributed by atoms with E-state index in [0.29, 0.717) is 25.5 Å². The predicted molar refractivity (Wildman–Crippen MR) is 112 cm³/mol. The number of hydrogen-bond donors (Lipinski definition) is 2. The Labute approximate surface area is 173 Å². The van der Waals surface area contributed by atoms with Gasteiger partial charge in [0.25, 0.3) is 0 Å². The molecule has 0 saturated heterocycles. The summed E-state index contributed by atoms with van der Waals surface area (Å²) in [6.07, 6.45) is 2.02. The monoisotopic (exact) mass is 404 g/mol. The van der Waals surface area contributed by atoms with Gasteiger partial charge < -0.3 is 14.8 Å². The van der Waals surface area contributed by atoms with E-state index < -0.39 is 5.41 Å². The summed E-state index contributed by atoms with van der Waals surface area (Å²) in [6, 6.07) is 4.04. The molecule has 1 fully saturated rings. The van der Waals surface area contributed by atoms with Gasteiger partial charge in [-0.05, 0) is 51.3 Å². The first-order valence-electron chi connectivity index (χ1n) is 10.6. The molecule has 154 valence electrons. The van der Waals surface area contributed by atoms with Crippen LogP contribution in [0.25, 0.3) is 22.6 Å². The van der Waals surface area contributed by atoms with Crippen molar-refractivity contribution in [3.05, 3.63) is 29.0 Å². The molecule has 4 heterocycles. The molecule has 30 heavy (non-hydrogen) atoms. The number of imidazole rings is 1. The van der Waals surface area contributed by atoms with Crippen LogP contribution in [0.3, 0.4) is 0 Å². The van der Waals surface area contributed by atoms with Gasteiger partial charge in [0.1, 0.15) is 5.69 Å². The van der Waals surface area contributed by atoms with E-state index in [1.807, 2.05) is 42.7 Å². The number of carbonyl (C=O) groups excluding carboxylic acids is 2. The van der Waals surface area contributed by atoms with Gasteiger partial charge in [-0.25, -0.2) is 4.98 Å². The van der Waals surface area contributed by atoms with Crippen molar-refractivity contribution < 1.29 is 9.59 Å². The molecular weight excluding hydrogens is 380 g/mol. The molecule has 2 N–H and O–H groups in total. The van der Waals surface area contributed by atoms with Crippen LogP contribution in [-0.4, -0.2) is 43.4 Å². The molecule has 3 aromatic rings. The van der Waals surface area contributed by atoms with Crippen molar-refractivity contribution in [2.24, 2.45) is 5.92 Å². The molecule has 1 saturated carbocycles. The first-order valence-corrected chi connectivity index (χ1v) is 10.6. The van der Waals surface area contributed by atoms with Crippen LogP contribution in [0.15, 0.2) is 12.1 Å². The summed E-state index contributed by atoms with van der Waals surface area (Å²) in [5, 5.41) is 7.58. The summed E-state index contributed by atoms with van der Waals surface area (Å²) in [5.74, 6) is 1.28. The number of carbonyl (C=O) groups is 2. The molecule has 2 amide bonds. The zero-order valence-electron chi connectivity index (χ0n) is 17.4. The average molecular weight is 404 g/mol. The van der Waals surface area contributed by atoms with Crippen molar-refractivity contribution in [2.45, 2.75) is 52.1 Å². The van der Waals surface area contributed by atoms with Crippen molar-refractivity contribution in [2.75, 3.05) is 11.4 Å². The summed E-state index contributed by atoms with van der Waals surface area (Å²) < 4.78 is 0. The third kappa shape index (κ3) is 2.27. The number of benzene rings is 1. The lowest BCUT2D eigenvalue weighted by Crippen LogP contribution is -2.35. The topological polar surface area (TPSA) is 98.0 Å². The van der Waals surface area contributed by atoms with E-state index in [-0.39, 0.29) is 17.7 Å². The first kappa shape index (κ1) is 17.7. The molecule has 1 aromatic carbocycles. The number of fused-ring (bicyclic) bond motifs is 3. The SMILES string of the molecule is CCN1C(=O)C(C)(C)c2cc3nc(-c4n[nH]c5c4CN(C(=O)C4CC4)C5)[nH]c3cc21. The average Bonchev–Trinajstić information content (AvgIpc) is 3.10. The Kier molecular flexibility index (Phi) is 3.36. The van der Waals surface area contributed by atoms with E-state index in [9.17, 15) is 9.59 Å². The third-order valence-electron chi connectivity index (χ3n) is 6.77. The number of H-pyrrole nitrogens is 2. The van der Waals surface area contributed by atoms with Crippen LogP contribution in [-0.2, 0) is 28.1 Å². The largest absolute Gasteiger partial charge is 0.337 e. The van der Waals surface area contributed by atoms with Crippen LogP contribution in [0.4, 0.5) is 5.69 Å². The minimum atomic E-state index is -0.560. The van der Waals surface area contributed by atoms with Gasteiger partial charge in [-0.15, -0.1) is 0 Å². The molecule has 8 nitrogen and oxygen atoms in total. The van der Waals surface area contributed by atoms with Gasteiger partial charge in [-0.1, -0.05) is 0 Å². The van der Waals surface area contributed by atoms with Crippen LogP contribution >= 0.6 is 0 Å². The minimum Gasteiger partial charge on any atom is -0.337 e. The fraction of sp³-hybridized carbons (Fsp3) is 0.455. The number of aromatic nitrogens is 4. The molecule has 0 radical (unpaired) electrons. The maximum absolute atomic E-state index is 12.8. The zero-order valence-corrected chi connectivity index (χ0v) is 17.4. The summed E-state index contributed by atoms with van der Waals surface area (Å²) in [5.41, 5.74) is 5.91. The van der Waals surface area contributed by atoms with E-state index >= 15 is 0 Å². The van der Waals surface area contributed by atoms with E-state index in [1.54, 1.807) is 0 Å².